The highest BCUT2D eigenvalue weighted by Crippen LogP contribution is 2.15. The number of nitrogens with zero attached hydrogens (tertiary/aromatic N) is 2. The Balaban J connectivity index is 1.84. The highest BCUT2D eigenvalue weighted by atomic mass is 32.2. The van der Waals surface area contributed by atoms with Crippen LogP contribution < -0.4 is 0 Å². The third kappa shape index (κ3) is 4.90. The van der Waals surface area contributed by atoms with Gasteiger partial charge in [-0.2, -0.15) is 0 Å². The SMILES string of the molecule is CSc1ccc(CC(=O)N(C)CCc2ccncc2)cc1. The average Bonchev–Trinajstić information content (AvgIpc) is 2.54. The third-order valence-electron chi connectivity index (χ3n) is 3.43. The maximum absolute atomic E-state index is 12.2. The molecule has 0 aliphatic rings. The lowest BCUT2D eigenvalue weighted by atomic mass is 10.1. The van der Waals surface area contributed by atoms with Crippen LogP contribution in [0.5, 0.6) is 0 Å². The van der Waals surface area contributed by atoms with Crippen LogP contribution in [0, 0.1) is 0 Å². The van der Waals surface area contributed by atoms with Crippen LogP contribution in [0.15, 0.2) is 53.7 Å². The van der Waals surface area contributed by atoms with Gasteiger partial charge in [0.15, 0.2) is 0 Å². The van der Waals surface area contributed by atoms with Crippen LogP contribution in [-0.2, 0) is 17.6 Å². The van der Waals surface area contributed by atoms with Crippen molar-refractivity contribution in [1.82, 2.24) is 9.88 Å². The van der Waals surface area contributed by atoms with Crippen molar-refractivity contribution < 1.29 is 4.79 Å². The van der Waals surface area contributed by atoms with E-state index in [0.29, 0.717) is 6.42 Å². The fraction of sp³-hybridized carbons (Fsp3) is 0.294. The molecule has 0 aliphatic carbocycles. The highest BCUT2D eigenvalue weighted by Gasteiger charge is 2.09. The lowest BCUT2D eigenvalue weighted by Crippen LogP contribution is -2.30. The van der Waals surface area contributed by atoms with E-state index in [-0.39, 0.29) is 5.91 Å². The molecule has 1 aromatic carbocycles. The first kappa shape index (κ1) is 15.6. The Kier molecular flexibility index (Phi) is 5.81. The number of pyridine rings is 1. The van der Waals surface area contributed by atoms with Gasteiger partial charge < -0.3 is 4.90 Å². The van der Waals surface area contributed by atoms with Crippen LogP contribution in [0.3, 0.4) is 0 Å². The molecule has 1 heterocycles. The molecule has 110 valence electrons. The number of benzene rings is 1. The Labute approximate surface area is 130 Å². The molecule has 0 fully saturated rings. The number of likely N-dealkylation sites (N-methyl/N-ethyl adjacent to an activating group) is 1. The summed E-state index contributed by atoms with van der Waals surface area (Å²) >= 11 is 1.71. The molecule has 0 atom stereocenters. The molecule has 0 radical (unpaired) electrons. The van der Waals surface area contributed by atoms with E-state index in [4.69, 9.17) is 0 Å². The summed E-state index contributed by atoms with van der Waals surface area (Å²) in [5.74, 6) is 0.154. The third-order valence-corrected chi connectivity index (χ3v) is 4.17. The molecule has 0 spiro atoms. The summed E-state index contributed by atoms with van der Waals surface area (Å²) in [5, 5.41) is 0. The number of rotatable bonds is 6. The summed E-state index contributed by atoms with van der Waals surface area (Å²) < 4.78 is 0. The molecule has 0 aliphatic heterocycles. The van der Waals surface area contributed by atoms with Crippen molar-refractivity contribution in [3.63, 3.8) is 0 Å². The van der Waals surface area contributed by atoms with E-state index in [1.165, 1.54) is 10.5 Å². The van der Waals surface area contributed by atoms with Crippen molar-refractivity contribution in [2.24, 2.45) is 0 Å². The molecule has 0 N–H and O–H groups in total. The predicted octanol–water partition coefficient (Wildman–Crippen LogP) is 3.05. The van der Waals surface area contributed by atoms with E-state index in [9.17, 15) is 4.79 Å². The van der Waals surface area contributed by atoms with Gasteiger partial charge in [0, 0.05) is 30.9 Å². The standard InChI is InChI=1S/C17H20N2OS/c1-19(12-9-14-7-10-18-11-8-14)17(20)13-15-3-5-16(21-2)6-4-15/h3-8,10-11H,9,12-13H2,1-2H3. The summed E-state index contributed by atoms with van der Waals surface area (Å²) in [6.07, 6.45) is 6.93. The molecule has 0 saturated carbocycles. The summed E-state index contributed by atoms with van der Waals surface area (Å²) in [6.45, 7) is 0.728. The van der Waals surface area contributed by atoms with Gasteiger partial charge in [0.05, 0.1) is 6.42 Å². The lowest BCUT2D eigenvalue weighted by molar-refractivity contribution is -0.129. The first-order chi connectivity index (χ1) is 10.2. The van der Waals surface area contributed by atoms with E-state index < -0.39 is 0 Å². The molecule has 2 rings (SSSR count). The zero-order valence-electron chi connectivity index (χ0n) is 12.5. The van der Waals surface area contributed by atoms with Crippen molar-refractivity contribution in [1.29, 1.82) is 0 Å². The van der Waals surface area contributed by atoms with Gasteiger partial charge in [0.1, 0.15) is 0 Å². The quantitative estimate of drug-likeness (QED) is 0.769. The van der Waals surface area contributed by atoms with Crippen molar-refractivity contribution in [3.05, 3.63) is 59.9 Å². The van der Waals surface area contributed by atoms with Crippen molar-refractivity contribution in [3.8, 4) is 0 Å². The number of hydrogen-bond acceptors (Lipinski definition) is 3. The fourth-order valence-electron chi connectivity index (χ4n) is 2.02. The minimum Gasteiger partial charge on any atom is -0.345 e. The molecular formula is C17H20N2OS. The van der Waals surface area contributed by atoms with Crippen LogP contribution in [0.1, 0.15) is 11.1 Å². The van der Waals surface area contributed by atoms with Crippen LogP contribution >= 0.6 is 11.8 Å². The first-order valence-corrected chi connectivity index (χ1v) is 8.17. The normalized spacial score (nSPS) is 10.4. The minimum absolute atomic E-state index is 0.154. The molecule has 4 heteroatoms. The Morgan fingerprint density at radius 3 is 2.38 bits per heavy atom. The van der Waals surface area contributed by atoms with Crippen LogP contribution in [0.2, 0.25) is 0 Å². The maximum Gasteiger partial charge on any atom is 0.226 e. The van der Waals surface area contributed by atoms with Crippen molar-refractivity contribution in [2.45, 2.75) is 17.7 Å². The fourth-order valence-corrected chi connectivity index (χ4v) is 2.43. The number of aromatic nitrogens is 1. The maximum atomic E-state index is 12.2. The van der Waals surface area contributed by atoms with E-state index >= 15 is 0 Å². The van der Waals surface area contributed by atoms with Crippen molar-refractivity contribution in [2.75, 3.05) is 19.8 Å². The van der Waals surface area contributed by atoms with E-state index in [1.54, 1.807) is 29.1 Å². The topological polar surface area (TPSA) is 33.2 Å². The van der Waals surface area contributed by atoms with Crippen LogP contribution in [-0.4, -0.2) is 35.6 Å². The van der Waals surface area contributed by atoms with Gasteiger partial charge in [-0.05, 0) is 48.1 Å². The Bertz CT molecular complexity index is 569. The molecule has 1 aromatic heterocycles. The molecule has 2 aromatic rings. The summed E-state index contributed by atoms with van der Waals surface area (Å²) in [4.78, 5) is 19.2. The Morgan fingerprint density at radius 2 is 1.76 bits per heavy atom. The number of carbonyl (C=O) groups is 1. The second-order valence-corrected chi connectivity index (χ2v) is 5.83. The van der Waals surface area contributed by atoms with Gasteiger partial charge in [0.2, 0.25) is 5.91 Å². The monoisotopic (exact) mass is 300 g/mol. The molecule has 1 amide bonds. The van der Waals surface area contributed by atoms with Gasteiger partial charge in [-0.1, -0.05) is 12.1 Å². The number of hydrogen-bond donors (Lipinski definition) is 0. The van der Waals surface area contributed by atoms with E-state index in [1.807, 2.05) is 37.6 Å². The Morgan fingerprint density at radius 1 is 1.10 bits per heavy atom. The van der Waals surface area contributed by atoms with Crippen molar-refractivity contribution >= 4 is 17.7 Å². The van der Waals surface area contributed by atoms with Gasteiger partial charge in [-0.15, -0.1) is 11.8 Å². The van der Waals surface area contributed by atoms with Crippen LogP contribution in [0.25, 0.3) is 0 Å². The molecule has 0 saturated heterocycles. The zero-order valence-corrected chi connectivity index (χ0v) is 13.3. The van der Waals surface area contributed by atoms with Gasteiger partial charge >= 0.3 is 0 Å². The number of thioether (sulfide) groups is 1. The van der Waals surface area contributed by atoms with Gasteiger partial charge in [-0.3, -0.25) is 9.78 Å². The molecular weight excluding hydrogens is 280 g/mol. The number of carbonyl (C=O) groups excluding carboxylic acids is 1. The zero-order chi connectivity index (χ0) is 15.1. The summed E-state index contributed by atoms with van der Waals surface area (Å²) in [7, 11) is 1.86. The Hall–Kier alpha value is -1.81. The second-order valence-electron chi connectivity index (χ2n) is 4.95. The minimum atomic E-state index is 0.154. The highest BCUT2D eigenvalue weighted by molar-refractivity contribution is 7.98. The largest absolute Gasteiger partial charge is 0.345 e. The summed E-state index contributed by atoms with van der Waals surface area (Å²) in [5.41, 5.74) is 2.27. The van der Waals surface area contributed by atoms with E-state index in [2.05, 4.69) is 17.1 Å². The summed E-state index contributed by atoms with van der Waals surface area (Å²) in [6, 6.07) is 12.1. The number of amides is 1. The van der Waals surface area contributed by atoms with E-state index in [0.717, 1.165) is 18.5 Å². The lowest BCUT2D eigenvalue weighted by Gasteiger charge is -2.17. The van der Waals surface area contributed by atoms with Crippen LogP contribution in [0.4, 0.5) is 0 Å². The molecule has 0 bridgehead atoms. The predicted molar refractivity (Wildman–Crippen MR) is 87.5 cm³/mol. The molecule has 3 nitrogen and oxygen atoms in total. The van der Waals surface area contributed by atoms with Gasteiger partial charge in [0.25, 0.3) is 0 Å². The van der Waals surface area contributed by atoms with Gasteiger partial charge in [-0.25, -0.2) is 0 Å². The molecule has 21 heavy (non-hydrogen) atoms. The molecule has 0 unspecified atom stereocenters. The average molecular weight is 300 g/mol. The second kappa shape index (κ2) is 7.84. The smallest absolute Gasteiger partial charge is 0.226 e. The first-order valence-electron chi connectivity index (χ1n) is 6.95.